The summed E-state index contributed by atoms with van der Waals surface area (Å²) in [4.78, 5) is 31.5. The molecule has 136 valence electrons. The van der Waals surface area contributed by atoms with Gasteiger partial charge in [0.2, 0.25) is 0 Å². The summed E-state index contributed by atoms with van der Waals surface area (Å²) in [6.45, 7) is -0.379. The van der Waals surface area contributed by atoms with Gasteiger partial charge in [-0.05, 0) is 36.4 Å². The summed E-state index contributed by atoms with van der Waals surface area (Å²) in [5.41, 5.74) is 0.615. The maximum Gasteiger partial charge on any atom is 0.349 e. The van der Waals surface area contributed by atoms with E-state index in [1.165, 1.54) is 36.7 Å². The highest BCUT2D eigenvalue weighted by Gasteiger charge is 2.10. The highest BCUT2D eigenvalue weighted by Crippen LogP contribution is 2.11. The Balaban J connectivity index is 1.51. The van der Waals surface area contributed by atoms with Crippen LogP contribution >= 0.6 is 0 Å². The number of para-hydroxylation sites is 1. The third-order valence-corrected chi connectivity index (χ3v) is 3.29. The molecule has 7 nitrogen and oxygen atoms in total. The Labute approximate surface area is 153 Å². The van der Waals surface area contributed by atoms with Gasteiger partial charge in [-0.3, -0.25) is 4.79 Å². The largest absolute Gasteiger partial charge is 0.451 e. The summed E-state index contributed by atoms with van der Waals surface area (Å²) in [7, 11) is 0. The van der Waals surface area contributed by atoms with E-state index >= 15 is 0 Å². The van der Waals surface area contributed by atoms with E-state index in [1.54, 1.807) is 30.3 Å². The molecule has 1 heterocycles. The van der Waals surface area contributed by atoms with Crippen LogP contribution in [0, 0.1) is 5.82 Å². The average molecular weight is 367 g/mol. The second-order valence-electron chi connectivity index (χ2n) is 5.29. The van der Waals surface area contributed by atoms with Crippen LogP contribution < -0.4 is 14.8 Å². The molecule has 2 aromatic carbocycles. The minimum Gasteiger partial charge on any atom is -0.451 e. The second kappa shape index (κ2) is 8.52. The van der Waals surface area contributed by atoms with Crippen molar-refractivity contribution in [3.63, 3.8) is 0 Å². The summed E-state index contributed by atoms with van der Waals surface area (Å²) >= 11 is 0. The fourth-order valence-electron chi connectivity index (χ4n) is 2.02. The van der Waals surface area contributed by atoms with E-state index < -0.39 is 17.7 Å². The Bertz CT molecular complexity index is 916. The first-order chi connectivity index (χ1) is 13.1. The molecule has 0 spiro atoms. The third kappa shape index (κ3) is 5.33. The van der Waals surface area contributed by atoms with Crippen LogP contribution in [0.15, 0.2) is 67.0 Å². The van der Waals surface area contributed by atoms with Crippen LogP contribution in [0.2, 0.25) is 0 Å². The molecule has 1 amide bonds. The van der Waals surface area contributed by atoms with Gasteiger partial charge in [0.05, 0.1) is 5.56 Å². The first kappa shape index (κ1) is 18.0. The van der Waals surface area contributed by atoms with Gasteiger partial charge in [0.15, 0.2) is 6.61 Å². The van der Waals surface area contributed by atoms with Crippen molar-refractivity contribution in [3.05, 3.63) is 78.4 Å². The number of nitrogens with one attached hydrogen (secondary N) is 1. The number of anilines is 1. The first-order valence-corrected chi connectivity index (χ1v) is 7.87. The van der Waals surface area contributed by atoms with Gasteiger partial charge in [0.25, 0.3) is 5.91 Å². The van der Waals surface area contributed by atoms with Gasteiger partial charge < -0.3 is 14.8 Å². The van der Waals surface area contributed by atoms with E-state index in [0.717, 1.165) is 0 Å². The second-order valence-corrected chi connectivity index (χ2v) is 5.29. The minimum atomic E-state index is -0.608. The number of esters is 1. The van der Waals surface area contributed by atoms with Gasteiger partial charge >= 0.3 is 12.0 Å². The summed E-state index contributed by atoms with van der Waals surface area (Å²) in [6.07, 6.45) is 2.51. The quantitative estimate of drug-likeness (QED) is 0.532. The van der Waals surface area contributed by atoms with Crippen LogP contribution in [0.5, 0.6) is 11.8 Å². The van der Waals surface area contributed by atoms with Gasteiger partial charge in [0.1, 0.15) is 11.6 Å². The first-order valence-electron chi connectivity index (χ1n) is 7.87. The number of amides is 1. The molecule has 1 aromatic heterocycles. The van der Waals surface area contributed by atoms with Crippen LogP contribution in [0.25, 0.3) is 0 Å². The zero-order chi connectivity index (χ0) is 19.1. The number of carbonyl (C=O) groups is 2. The monoisotopic (exact) mass is 367 g/mol. The number of hydrogen-bond acceptors (Lipinski definition) is 6. The topological polar surface area (TPSA) is 90.4 Å². The van der Waals surface area contributed by atoms with E-state index in [9.17, 15) is 14.0 Å². The van der Waals surface area contributed by atoms with Crippen LogP contribution in [0.1, 0.15) is 10.4 Å². The molecule has 0 saturated heterocycles. The molecule has 0 aliphatic carbocycles. The Kier molecular flexibility index (Phi) is 5.68. The van der Waals surface area contributed by atoms with E-state index in [1.807, 2.05) is 0 Å². The summed E-state index contributed by atoms with van der Waals surface area (Å²) in [5.74, 6) is -1.07. The number of nitrogens with zero attached hydrogens (tertiary/aromatic N) is 2. The Hall–Kier alpha value is -3.81. The molecule has 0 unspecified atom stereocenters. The number of benzene rings is 2. The molecule has 0 radical (unpaired) electrons. The van der Waals surface area contributed by atoms with Gasteiger partial charge in [0, 0.05) is 18.1 Å². The summed E-state index contributed by atoms with van der Waals surface area (Å²) in [6, 6.07) is 13.8. The van der Waals surface area contributed by atoms with Crippen molar-refractivity contribution in [2.45, 2.75) is 0 Å². The minimum absolute atomic E-state index is 0.0710. The fourth-order valence-corrected chi connectivity index (χ4v) is 2.02. The molecule has 3 rings (SSSR count). The molecular weight excluding hydrogens is 353 g/mol. The molecule has 3 aromatic rings. The number of ether oxygens (including phenoxy) is 2. The predicted octanol–water partition coefficient (Wildman–Crippen LogP) is 2.85. The van der Waals surface area contributed by atoms with E-state index in [2.05, 4.69) is 15.3 Å². The molecule has 0 aliphatic rings. The van der Waals surface area contributed by atoms with Gasteiger partial charge in [-0.1, -0.05) is 18.2 Å². The average Bonchev–Trinajstić information content (AvgIpc) is 2.69. The van der Waals surface area contributed by atoms with Crippen molar-refractivity contribution in [2.75, 3.05) is 11.9 Å². The van der Waals surface area contributed by atoms with E-state index in [4.69, 9.17) is 9.47 Å². The molecule has 0 bridgehead atoms. The zero-order valence-electron chi connectivity index (χ0n) is 14.0. The highest BCUT2D eigenvalue weighted by atomic mass is 19.1. The number of hydrogen-bond donors (Lipinski definition) is 1. The maximum atomic E-state index is 12.9. The van der Waals surface area contributed by atoms with Crippen molar-refractivity contribution in [3.8, 4) is 11.8 Å². The number of rotatable bonds is 6. The van der Waals surface area contributed by atoms with Crippen molar-refractivity contribution in [1.82, 2.24) is 9.97 Å². The lowest BCUT2D eigenvalue weighted by atomic mass is 10.2. The third-order valence-electron chi connectivity index (χ3n) is 3.29. The molecular formula is C19H14FN3O4. The van der Waals surface area contributed by atoms with Crippen molar-refractivity contribution < 1.29 is 23.5 Å². The molecule has 8 heteroatoms. The predicted molar refractivity (Wildman–Crippen MR) is 94.0 cm³/mol. The lowest BCUT2D eigenvalue weighted by molar-refractivity contribution is -0.136. The SMILES string of the molecule is O=C(COc1ncc(C(=O)Nc2ccc(F)cc2)cn1)Oc1ccccc1. The number of aromatic nitrogens is 2. The summed E-state index contributed by atoms with van der Waals surface area (Å²) < 4.78 is 23.1. The van der Waals surface area contributed by atoms with E-state index in [0.29, 0.717) is 11.4 Å². The Morgan fingerprint density at radius 3 is 2.30 bits per heavy atom. The lowest BCUT2D eigenvalue weighted by Crippen LogP contribution is -2.19. The zero-order valence-corrected chi connectivity index (χ0v) is 14.0. The van der Waals surface area contributed by atoms with Gasteiger partial charge in [-0.2, -0.15) is 0 Å². The van der Waals surface area contributed by atoms with Gasteiger partial charge in [-0.25, -0.2) is 19.2 Å². The summed E-state index contributed by atoms with van der Waals surface area (Å²) in [5, 5.41) is 2.58. The normalized spacial score (nSPS) is 10.1. The molecule has 0 aliphatic heterocycles. The highest BCUT2D eigenvalue weighted by molar-refractivity contribution is 6.03. The van der Waals surface area contributed by atoms with Crippen LogP contribution in [-0.4, -0.2) is 28.5 Å². The van der Waals surface area contributed by atoms with Crippen LogP contribution in [0.4, 0.5) is 10.1 Å². The molecule has 0 fully saturated rings. The fraction of sp³-hybridized carbons (Fsp3) is 0.0526. The Morgan fingerprint density at radius 1 is 0.963 bits per heavy atom. The molecule has 1 N–H and O–H groups in total. The van der Waals surface area contributed by atoms with Crippen molar-refractivity contribution in [2.24, 2.45) is 0 Å². The number of carbonyl (C=O) groups excluding carboxylic acids is 2. The van der Waals surface area contributed by atoms with Crippen molar-refractivity contribution in [1.29, 1.82) is 0 Å². The van der Waals surface area contributed by atoms with Gasteiger partial charge in [-0.15, -0.1) is 0 Å². The van der Waals surface area contributed by atoms with Crippen LogP contribution in [-0.2, 0) is 4.79 Å². The van der Waals surface area contributed by atoms with E-state index in [-0.39, 0.29) is 18.2 Å². The van der Waals surface area contributed by atoms with Crippen molar-refractivity contribution >= 4 is 17.6 Å². The van der Waals surface area contributed by atoms with Crippen LogP contribution in [0.3, 0.4) is 0 Å². The number of halogens is 1. The smallest absolute Gasteiger partial charge is 0.349 e. The standard InChI is InChI=1S/C19H14FN3O4/c20-14-6-8-15(9-7-14)23-18(25)13-10-21-19(22-11-13)26-12-17(24)27-16-4-2-1-3-5-16/h1-11H,12H2,(H,23,25). The maximum absolute atomic E-state index is 12.9. The molecule has 0 saturated carbocycles. The molecule has 27 heavy (non-hydrogen) atoms. The molecule has 0 atom stereocenters. The Morgan fingerprint density at radius 2 is 1.63 bits per heavy atom. The lowest BCUT2D eigenvalue weighted by Gasteiger charge is -2.07.